The zero-order valence-corrected chi connectivity index (χ0v) is 12.0. The number of ether oxygens (including phenoxy) is 2. The Morgan fingerprint density at radius 3 is 2.95 bits per heavy atom. The molecule has 0 aliphatic carbocycles. The molecule has 1 fully saturated rings. The van der Waals surface area contributed by atoms with Crippen LogP contribution >= 0.6 is 0 Å². The van der Waals surface area contributed by atoms with Crippen LogP contribution in [0.5, 0.6) is 5.75 Å². The topological polar surface area (TPSA) is 62.3 Å². The van der Waals surface area contributed by atoms with Gasteiger partial charge in [-0.2, -0.15) is 0 Å². The SMILES string of the molecule is CCCn1c(C2COCC2N)nc2cc(OC)ccc21. The molecule has 5 heteroatoms. The summed E-state index contributed by atoms with van der Waals surface area (Å²) in [6, 6.07) is 6.06. The van der Waals surface area contributed by atoms with Gasteiger partial charge in [-0.15, -0.1) is 0 Å². The second-order valence-corrected chi connectivity index (χ2v) is 5.28. The third-order valence-electron chi connectivity index (χ3n) is 3.89. The summed E-state index contributed by atoms with van der Waals surface area (Å²) in [5.41, 5.74) is 8.26. The van der Waals surface area contributed by atoms with Gasteiger partial charge in [-0.1, -0.05) is 6.92 Å². The molecule has 2 heterocycles. The molecule has 2 unspecified atom stereocenters. The van der Waals surface area contributed by atoms with Crippen LogP contribution in [0.3, 0.4) is 0 Å². The summed E-state index contributed by atoms with van der Waals surface area (Å²) in [6.45, 7) is 4.39. The number of rotatable bonds is 4. The van der Waals surface area contributed by atoms with Crippen molar-refractivity contribution in [2.75, 3.05) is 20.3 Å². The van der Waals surface area contributed by atoms with Crippen LogP contribution < -0.4 is 10.5 Å². The summed E-state index contributed by atoms with van der Waals surface area (Å²) < 4.78 is 13.0. The number of imidazole rings is 1. The highest BCUT2D eigenvalue weighted by molar-refractivity contribution is 5.78. The molecule has 1 aromatic heterocycles. The first-order valence-corrected chi connectivity index (χ1v) is 7.12. The molecular weight excluding hydrogens is 254 g/mol. The third kappa shape index (κ3) is 2.17. The minimum atomic E-state index is 0.0318. The highest BCUT2D eigenvalue weighted by atomic mass is 16.5. The summed E-state index contributed by atoms with van der Waals surface area (Å²) >= 11 is 0. The van der Waals surface area contributed by atoms with Crippen molar-refractivity contribution in [3.8, 4) is 5.75 Å². The van der Waals surface area contributed by atoms with Crippen molar-refractivity contribution in [3.63, 3.8) is 0 Å². The Balaban J connectivity index is 2.11. The zero-order valence-electron chi connectivity index (χ0n) is 12.0. The first-order valence-electron chi connectivity index (χ1n) is 7.12. The normalized spacial score (nSPS) is 22.6. The van der Waals surface area contributed by atoms with Crippen molar-refractivity contribution in [2.45, 2.75) is 31.8 Å². The van der Waals surface area contributed by atoms with E-state index >= 15 is 0 Å². The Kier molecular flexibility index (Phi) is 3.63. The van der Waals surface area contributed by atoms with E-state index in [4.69, 9.17) is 20.2 Å². The second kappa shape index (κ2) is 5.42. The Morgan fingerprint density at radius 2 is 2.30 bits per heavy atom. The highest BCUT2D eigenvalue weighted by Crippen LogP contribution is 2.29. The summed E-state index contributed by atoms with van der Waals surface area (Å²) in [5, 5.41) is 0. The Morgan fingerprint density at radius 1 is 1.45 bits per heavy atom. The van der Waals surface area contributed by atoms with E-state index in [-0.39, 0.29) is 12.0 Å². The van der Waals surface area contributed by atoms with Crippen molar-refractivity contribution in [1.82, 2.24) is 9.55 Å². The molecule has 2 atom stereocenters. The van der Waals surface area contributed by atoms with Gasteiger partial charge < -0.3 is 19.8 Å². The van der Waals surface area contributed by atoms with Crippen LogP contribution in [0.1, 0.15) is 25.1 Å². The molecule has 0 bridgehead atoms. The fraction of sp³-hybridized carbons (Fsp3) is 0.533. The molecule has 1 aliphatic rings. The Hall–Kier alpha value is -1.59. The summed E-state index contributed by atoms with van der Waals surface area (Å²) in [4.78, 5) is 4.80. The summed E-state index contributed by atoms with van der Waals surface area (Å²) in [7, 11) is 1.67. The van der Waals surface area contributed by atoms with E-state index in [0.29, 0.717) is 13.2 Å². The van der Waals surface area contributed by atoms with E-state index in [1.165, 1.54) is 0 Å². The molecule has 0 saturated carbocycles. The van der Waals surface area contributed by atoms with Gasteiger partial charge in [-0.3, -0.25) is 0 Å². The Labute approximate surface area is 118 Å². The maximum Gasteiger partial charge on any atom is 0.121 e. The molecule has 108 valence electrons. The lowest BCUT2D eigenvalue weighted by atomic mass is 10.0. The van der Waals surface area contributed by atoms with Crippen LogP contribution in [-0.2, 0) is 11.3 Å². The fourth-order valence-electron chi connectivity index (χ4n) is 2.83. The van der Waals surface area contributed by atoms with Crippen LogP contribution in [0, 0.1) is 0 Å². The number of benzene rings is 1. The molecule has 0 radical (unpaired) electrons. The van der Waals surface area contributed by atoms with Crippen LogP contribution in [0.4, 0.5) is 0 Å². The number of aromatic nitrogens is 2. The van der Waals surface area contributed by atoms with Crippen LogP contribution in [0.2, 0.25) is 0 Å². The van der Waals surface area contributed by atoms with Gasteiger partial charge in [-0.25, -0.2) is 4.98 Å². The maximum atomic E-state index is 6.15. The van der Waals surface area contributed by atoms with Gasteiger partial charge in [0.2, 0.25) is 0 Å². The first-order chi connectivity index (χ1) is 9.74. The lowest BCUT2D eigenvalue weighted by Gasteiger charge is -2.15. The van der Waals surface area contributed by atoms with E-state index in [9.17, 15) is 0 Å². The molecule has 1 aliphatic heterocycles. The third-order valence-corrected chi connectivity index (χ3v) is 3.89. The number of nitrogens with zero attached hydrogens (tertiary/aromatic N) is 2. The standard InChI is InChI=1S/C15H21N3O2/c1-3-6-18-14-5-4-10(19-2)7-13(14)17-15(18)11-8-20-9-12(11)16/h4-5,7,11-12H,3,6,8-9,16H2,1-2H3. The van der Waals surface area contributed by atoms with E-state index < -0.39 is 0 Å². The predicted molar refractivity (Wildman–Crippen MR) is 78.1 cm³/mol. The van der Waals surface area contributed by atoms with Crippen LogP contribution in [0.25, 0.3) is 11.0 Å². The van der Waals surface area contributed by atoms with E-state index in [2.05, 4.69) is 17.6 Å². The van der Waals surface area contributed by atoms with Crippen molar-refractivity contribution in [3.05, 3.63) is 24.0 Å². The number of hydrogen-bond acceptors (Lipinski definition) is 4. The lowest BCUT2D eigenvalue weighted by molar-refractivity contribution is 0.190. The van der Waals surface area contributed by atoms with E-state index in [1.54, 1.807) is 7.11 Å². The molecule has 2 aromatic rings. The second-order valence-electron chi connectivity index (χ2n) is 5.28. The highest BCUT2D eigenvalue weighted by Gasteiger charge is 2.31. The van der Waals surface area contributed by atoms with Gasteiger partial charge in [0.05, 0.1) is 37.3 Å². The molecule has 5 nitrogen and oxygen atoms in total. The van der Waals surface area contributed by atoms with E-state index in [0.717, 1.165) is 35.6 Å². The minimum absolute atomic E-state index is 0.0318. The molecule has 0 spiro atoms. The fourth-order valence-corrected chi connectivity index (χ4v) is 2.83. The smallest absolute Gasteiger partial charge is 0.121 e. The van der Waals surface area contributed by atoms with Gasteiger partial charge in [-0.05, 0) is 18.6 Å². The average Bonchev–Trinajstić information content (AvgIpc) is 3.02. The van der Waals surface area contributed by atoms with Crippen molar-refractivity contribution < 1.29 is 9.47 Å². The zero-order chi connectivity index (χ0) is 14.1. The molecule has 1 aromatic carbocycles. The van der Waals surface area contributed by atoms with Crippen LogP contribution in [0.15, 0.2) is 18.2 Å². The molecule has 0 amide bonds. The van der Waals surface area contributed by atoms with Gasteiger partial charge in [0.1, 0.15) is 11.6 Å². The molecule has 1 saturated heterocycles. The van der Waals surface area contributed by atoms with Crippen molar-refractivity contribution in [2.24, 2.45) is 5.73 Å². The number of fused-ring (bicyclic) bond motifs is 1. The quantitative estimate of drug-likeness (QED) is 0.925. The number of nitrogens with two attached hydrogens (primary N) is 1. The molecule has 3 rings (SSSR count). The van der Waals surface area contributed by atoms with Gasteiger partial charge in [0.15, 0.2) is 0 Å². The van der Waals surface area contributed by atoms with Crippen molar-refractivity contribution in [1.29, 1.82) is 0 Å². The first kappa shape index (κ1) is 13.4. The Bertz CT molecular complexity index is 608. The van der Waals surface area contributed by atoms with Gasteiger partial charge in [0, 0.05) is 18.7 Å². The lowest BCUT2D eigenvalue weighted by Crippen LogP contribution is -2.29. The van der Waals surface area contributed by atoms with Gasteiger partial charge in [0.25, 0.3) is 0 Å². The monoisotopic (exact) mass is 275 g/mol. The van der Waals surface area contributed by atoms with Gasteiger partial charge >= 0.3 is 0 Å². The number of aryl methyl sites for hydroxylation is 1. The maximum absolute atomic E-state index is 6.15. The molecule has 20 heavy (non-hydrogen) atoms. The largest absolute Gasteiger partial charge is 0.497 e. The minimum Gasteiger partial charge on any atom is -0.497 e. The summed E-state index contributed by atoms with van der Waals surface area (Å²) in [6.07, 6.45) is 1.06. The molecule has 2 N–H and O–H groups in total. The molecular formula is C15H21N3O2. The number of methoxy groups -OCH3 is 1. The predicted octanol–water partition coefficient (Wildman–Crippen LogP) is 1.90. The van der Waals surface area contributed by atoms with Crippen LogP contribution in [-0.4, -0.2) is 35.9 Å². The summed E-state index contributed by atoms with van der Waals surface area (Å²) in [5.74, 6) is 2.05. The number of hydrogen-bond donors (Lipinski definition) is 1. The van der Waals surface area contributed by atoms with Crippen molar-refractivity contribution >= 4 is 11.0 Å². The average molecular weight is 275 g/mol. The van der Waals surface area contributed by atoms with E-state index in [1.807, 2.05) is 12.1 Å².